The van der Waals surface area contributed by atoms with E-state index in [4.69, 9.17) is 16.3 Å². The SMILES string of the molecule is O=C1Nc2cc(N3CCCS3(=O)(O)C3CC3)ncc2CN1c1cc2c(cc1Cl)CCC(c1ncccc1F)O2. The molecule has 5 heterocycles. The lowest BCUT2D eigenvalue weighted by molar-refractivity contribution is 0.167. The van der Waals surface area contributed by atoms with E-state index < -0.39 is 27.5 Å². The van der Waals surface area contributed by atoms with Gasteiger partial charge in [-0.2, -0.15) is 4.21 Å². The van der Waals surface area contributed by atoms with Crippen LogP contribution in [0.5, 0.6) is 5.75 Å². The number of ether oxygens (including phenoxy) is 1. The van der Waals surface area contributed by atoms with Crippen LogP contribution in [-0.2, 0) is 22.5 Å². The molecular formula is C27H27ClFN5O4S. The van der Waals surface area contributed by atoms with Crippen LogP contribution in [0.25, 0.3) is 0 Å². The molecule has 12 heteroatoms. The summed E-state index contributed by atoms with van der Waals surface area (Å²) in [6.07, 6.45) is 5.94. The standard InChI is InChI=1S/C27H27ClFN5O4S/c28-19-11-16-4-7-23(26-20(29)3-1-8-30-26)38-24(16)13-22(19)33-15-17-14-31-25(12-21(17)32-27(33)35)34-9-2-10-39(34,36,37)18-5-6-18/h1,3,8,11-14,18,23H,2,4-7,9-10,15H2,(H,32,35)(H,36,37). The minimum atomic E-state index is -3.97. The number of rotatable bonds is 4. The summed E-state index contributed by atoms with van der Waals surface area (Å²) in [5, 5.41) is 3.08. The number of carbonyl (C=O) groups excluding carboxylic acids is 1. The van der Waals surface area contributed by atoms with E-state index in [-0.39, 0.29) is 23.2 Å². The fourth-order valence-electron chi connectivity index (χ4n) is 5.88. The van der Waals surface area contributed by atoms with Gasteiger partial charge >= 0.3 is 6.03 Å². The number of urea groups is 1. The number of hydrogen-bond donors (Lipinski definition) is 2. The summed E-state index contributed by atoms with van der Waals surface area (Å²) in [5.41, 5.74) is 2.88. The molecule has 0 spiro atoms. The topological polar surface area (TPSA) is 108 Å². The molecule has 3 aromatic rings. The number of pyridine rings is 2. The lowest BCUT2D eigenvalue weighted by Crippen LogP contribution is -2.51. The van der Waals surface area contributed by atoms with Crippen LogP contribution in [0.4, 0.5) is 26.4 Å². The zero-order valence-electron chi connectivity index (χ0n) is 21.0. The Morgan fingerprint density at radius 2 is 2.03 bits per heavy atom. The fourth-order valence-corrected chi connectivity index (χ4v) is 9.86. The van der Waals surface area contributed by atoms with Gasteiger partial charge in [0.15, 0.2) is 0 Å². The monoisotopic (exact) mass is 571 g/mol. The van der Waals surface area contributed by atoms with Crippen molar-refractivity contribution in [3.8, 4) is 5.75 Å². The van der Waals surface area contributed by atoms with Crippen LogP contribution in [0.2, 0.25) is 5.02 Å². The maximum Gasteiger partial charge on any atom is 0.326 e. The number of hydrogen-bond acceptors (Lipinski definition) is 5. The number of benzene rings is 1. The van der Waals surface area contributed by atoms with Crippen molar-refractivity contribution in [2.45, 2.75) is 50.0 Å². The first-order chi connectivity index (χ1) is 18.7. The molecule has 2 amide bonds. The Hall–Kier alpha value is -3.28. The summed E-state index contributed by atoms with van der Waals surface area (Å²) in [7, 11) is -3.97. The maximum atomic E-state index is 14.3. The van der Waals surface area contributed by atoms with E-state index >= 15 is 0 Å². The van der Waals surface area contributed by atoms with Crippen LogP contribution in [0.3, 0.4) is 0 Å². The Balaban J connectivity index is 1.17. The Morgan fingerprint density at radius 3 is 2.82 bits per heavy atom. The highest BCUT2D eigenvalue weighted by Crippen LogP contribution is 2.51. The van der Waals surface area contributed by atoms with Crippen molar-refractivity contribution >= 4 is 44.4 Å². The highest BCUT2D eigenvalue weighted by molar-refractivity contribution is 8.17. The van der Waals surface area contributed by atoms with Gasteiger partial charge in [-0.05, 0) is 55.9 Å². The summed E-state index contributed by atoms with van der Waals surface area (Å²) in [6.45, 7) is 0.657. The van der Waals surface area contributed by atoms with Gasteiger partial charge in [-0.25, -0.2) is 14.2 Å². The molecule has 1 aliphatic carbocycles. The van der Waals surface area contributed by atoms with Crippen molar-refractivity contribution in [1.29, 1.82) is 0 Å². The zero-order chi connectivity index (χ0) is 27.0. The van der Waals surface area contributed by atoms with Crippen LogP contribution >= 0.6 is 11.6 Å². The van der Waals surface area contributed by atoms with Crippen LogP contribution in [0.15, 0.2) is 42.7 Å². The van der Waals surface area contributed by atoms with Crippen molar-refractivity contribution in [3.05, 3.63) is 70.4 Å². The summed E-state index contributed by atoms with van der Waals surface area (Å²) in [5.74, 6) is 0.765. The van der Waals surface area contributed by atoms with Crippen molar-refractivity contribution < 1.29 is 22.7 Å². The number of fused-ring (bicyclic) bond motifs is 2. The second-order valence-corrected chi connectivity index (χ2v) is 14.7. The maximum absolute atomic E-state index is 14.3. The highest BCUT2D eigenvalue weighted by Gasteiger charge is 2.52. The predicted molar refractivity (Wildman–Crippen MR) is 147 cm³/mol. The van der Waals surface area contributed by atoms with Crippen molar-refractivity contribution in [2.75, 3.05) is 26.8 Å². The van der Waals surface area contributed by atoms with E-state index in [0.29, 0.717) is 53.8 Å². The number of aryl methyl sites for hydroxylation is 1. The molecule has 9 nitrogen and oxygen atoms in total. The Labute approximate surface area is 229 Å². The predicted octanol–water partition coefficient (Wildman–Crippen LogP) is 5.47. The van der Waals surface area contributed by atoms with E-state index in [0.717, 1.165) is 24.0 Å². The molecule has 1 atom stereocenters. The molecule has 0 radical (unpaired) electrons. The summed E-state index contributed by atoms with van der Waals surface area (Å²) in [4.78, 5) is 23.5. The Kier molecular flexibility index (Phi) is 5.46. The molecule has 2 fully saturated rings. The van der Waals surface area contributed by atoms with Crippen LogP contribution in [0, 0.1) is 5.82 Å². The van der Waals surface area contributed by atoms with Gasteiger partial charge in [-0.15, -0.1) is 9.53 Å². The lowest BCUT2D eigenvalue weighted by Gasteiger charge is -2.48. The van der Waals surface area contributed by atoms with Crippen molar-refractivity contribution in [1.82, 2.24) is 9.97 Å². The summed E-state index contributed by atoms with van der Waals surface area (Å²) >= 11 is 6.63. The Bertz CT molecular complexity index is 1600. The fraction of sp³-hybridized carbons (Fsp3) is 0.370. The van der Waals surface area contributed by atoms with Gasteiger partial charge in [0.25, 0.3) is 0 Å². The molecule has 1 saturated heterocycles. The third-order valence-corrected chi connectivity index (χ3v) is 12.5. The van der Waals surface area contributed by atoms with Gasteiger partial charge in [-0.1, -0.05) is 11.6 Å². The van der Waals surface area contributed by atoms with E-state index in [9.17, 15) is 17.9 Å². The molecule has 2 N–H and O–H groups in total. The Morgan fingerprint density at radius 1 is 1.18 bits per heavy atom. The third-order valence-electron chi connectivity index (χ3n) is 8.06. The second-order valence-electron chi connectivity index (χ2n) is 10.6. The molecule has 1 saturated carbocycles. The average molecular weight is 572 g/mol. The van der Waals surface area contributed by atoms with E-state index in [1.165, 1.54) is 23.2 Å². The highest BCUT2D eigenvalue weighted by atomic mass is 35.5. The number of amides is 2. The number of nitrogens with zero attached hydrogens (tertiary/aromatic N) is 4. The molecule has 204 valence electrons. The van der Waals surface area contributed by atoms with E-state index in [1.54, 1.807) is 28.7 Å². The molecule has 1 aromatic carbocycles. The van der Waals surface area contributed by atoms with Crippen LogP contribution < -0.4 is 19.3 Å². The van der Waals surface area contributed by atoms with Gasteiger partial charge in [-0.3, -0.25) is 18.7 Å². The number of aromatic nitrogens is 2. The van der Waals surface area contributed by atoms with Gasteiger partial charge < -0.3 is 10.1 Å². The molecule has 39 heavy (non-hydrogen) atoms. The summed E-state index contributed by atoms with van der Waals surface area (Å²) in [6, 6.07) is 7.68. The van der Waals surface area contributed by atoms with Gasteiger partial charge in [0.1, 0.15) is 29.2 Å². The van der Waals surface area contributed by atoms with Gasteiger partial charge in [0.2, 0.25) is 0 Å². The largest absolute Gasteiger partial charge is 0.484 e. The van der Waals surface area contributed by atoms with E-state index in [1.807, 2.05) is 0 Å². The first-order valence-electron chi connectivity index (χ1n) is 13.0. The van der Waals surface area contributed by atoms with Crippen LogP contribution in [-0.4, -0.2) is 42.3 Å². The number of carbonyl (C=O) groups is 1. The first-order valence-corrected chi connectivity index (χ1v) is 15.5. The number of halogens is 2. The normalized spacial score (nSPS) is 24.1. The third kappa shape index (κ3) is 3.97. The first kappa shape index (κ1) is 24.7. The van der Waals surface area contributed by atoms with E-state index in [2.05, 4.69) is 15.3 Å². The molecular weight excluding hydrogens is 545 g/mol. The van der Waals surface area contributed by atoms with Crippen molar-refractivity contribution in [3.63, 3.8) is 0 Å². The number of anilines is 3. The molecule has 4 aliphatic rings. The summed E-state index contributed by atoms with van der Waals surface area (Å²) < 4.78 is 47.1. The van der Waals surface area contributed by atoms with Crippen molar-refractivity contribution in [2.24, 2.45) is 0 Å². The zero-order valence-corrected chi connectivity index (χ0v) is 22.6. The molecule has 3 aliphatic heterocycles. The van der Waals surface area contributed by atoms with Gasteiger partial charge in [0, 0.05) is 36.6 Å². The molecule has 1 unspecified atom stereocenters. The smallest absolute Gasteiger partial charge is 0.326 e. The second kappa shape index (κ2) is 8.61. The molecule has 0 bridgehead atoms. The van der Waals surface area contributed by atoms with Gasteiger partial charge in [0.05, 0.1) is 33.9 Å². The average Bonchev–Trinajstić information content (AvgIpc) is 3.73. The van der Waals surface area contributed by atoms with Crippen LogP contribution in [0.1, 0.15) is 48.6 Å². The minimum absolute atomic E-state index is 0.201. The quantitative estimate of drug-likeness (QED) is 0.430. The minimum Gasteiger partial charge on any atom is -0.484 e. The number of nitrogens with one attached hydrogen (secondary N) is 1. The molecule has 2 aromatic heterocycles. The lowest BCUT2D eigenvalue weighted by atomic mass is 9.99. The molecule has 7 rings (SSSR count).